The van der Waals surface area contributed by atoms with Gasteiger partial charge in [-0.25, -0.2) is 0 Å². The minimum atomic E-state index is -0.341. The third-order valence-corrected chi connectivity index (χ3v) is 5.05. The van der Waals surface area contributed by atoms with E-state index in [2.05, 4.69) is 49.9 Å². The van der Waals surface area contributed by atoms with Gasteiger partial charge in [0.15, 0.2) is 0 Å². The molecule has 3 nitrogen and oxygen atoms in total. The fourth-order valence-corrected chi connectivity index (χ4v) is 3.69. The first-order valence-corrected chi connectivity index (χ1v) is 7.92. The summed E-state index contributed by atoms with van der Waals surface area (Å²) in [6.07, 6.45) is 1.91. The van der Waals surface area contributed by atoms with E-state index in [4.69, 9.17) is 4.74 Å². The van der Waals surface area contributed by atoms with E-state index in [1.165, 1.54) is 12.7 Å². The average molecular weight is 289 g/mol. The first-order chi connectivity index (χ1) is 10.0. The molecule has 116 valence electrons. The Hall–Kier alpha value is -1.35. The van der Waals surface area contributed by atoms with Crippen LogP contribution in [0.15, 0.2) is 30.3 Å². The number of hydrogen-bond acceptors (Lipinski definition) is 3. The van der Waals surface area contributed by atoms with E-state index in [-0.39, 0.29) is 11.4 Å². The Labute approximate surface area is 128 Å². The number of ether oxygens (including phenoxy) is 1. The molecule has 0 saturated carbocycles. The van der Waals surface area contributed by atoms with Crippen LogP contribution in [0, 0.1) is 11.3 Å². The molecule has 2 rings (SSSR count). The van der Waals surface area contributed by atoms with Crippen molar-refractivity contribution in [2.24, 2.45) is 11.3 Å². The van der Waals surface area contributed by atoms with Crippen LogP contribution in [0.3, 0.4) is 0 Å². The Morgan fingerprint density at radius 3 is 2.67 bits per heavy atom. The SMILES string of the molecule is CCC[C@@]1(C(=O)OC)CN([C@H](C)c2ccccc2)C[C@H]1C. The number of hydrogen-bond donors (Lipinski definition) is 0. The summed E-state index contributed by atoms with van der Waals surface area (Å²) in [7, 11) is 1.51. The number of esters is 1. The lowest BCUT2D eigenvalue weighted by atomic mass is 9.75. The predicted octanol–water partition coefficient (Wildman–Crippen LogP) is 3.66. The molecule has 1 aliphatic rings. The monoisotopic (exact) mass is 289 g/mol. The molecule has 21 heavy (non-hydrogen) atoms. The fraction of sp³-hybridized carbons (Fsp3) is 0.611. The van der Waals surface area contributed by atoms with Gasteiger partial charge >= 0.3 is 5.97 Å². The molecule has 1 fully saturated rings. The summed E-state index contributed by atoms with van der Waals surface area (Å²) >= 11 is 0. The van der Waals surface area contributed by atoms with Crippen LogP contribution in [-0.2, 0) is 9.53 Å². The van der Waals surface area contributed by atoms with Crippen LogP contribution in [0.2, 0.25) is 0 Å². The van der Waals surface area contributed by atoms with Gasteiger partial charge in [-0.1, -0.05) is 50.6 Å². The first kappa shape index (κ1) is 16.0. The molecule has 1 aromatic rings. The van der Waals surface area contributed by atoms with Gasteiger partial charge in [0, 0.05) is 19.1 Å². The van der Waals surface area contributed by atoms with Crippen LogP contribution in [0.1, 0.15) is 45.2 Å². The molecule has 0 aromatic heterocycles. The van der Waals surface area contributed by atoms with Crippen molar-refractivity contribution >= 4 is 5.97 Å². The van der Waals surface area contributed by atoms with E-state index in [1.807, 2.05) is 6.07 Å². The summed E-state index contributed by atoms with van der Waals surface area (Å²) in [5.74, 6) is 0.288. The Balaban J connectivity index is 2.21. The van der Waals surface area contributed by atoms with Gasteiger partial charge in [-0.3, -0.25) is 9.69 Å². The summed E-state index contributed by atoms with van der Waals surface area (Å²) in [4.78, 5) is 14.8. The highest BCUT2D eigenvalue weighted by molar-refractivity contribution is 5.78. The Morgan fingerprint density at radius 1 is 1.43 bits per heavy atom. The van der Waals surface area contributed by atoms with Gasteiger partial charge < -0.3 is 4.74 Å². The molecule has 0 bridgehead atoms. The lowest BCUT2D eigenvalue weighted by Crippen LogP contribution is -2.39. The quantitative estimate of drug-likeness (QED) is 0.775. The topological polar surface area (TPSA) is 29.5 Å². The molecule has 1 saturated heterocycles. The molecule has 3 heteroatoms. The highest BCUT2D eigenvalue weighted by Gasteiger charge is 2.51. The Bertz CT molecular complexity index is 473. The number of carbonyl (C=O) groups excluding carboxylic acids is 1. The standard InChI is InChI=1S/C18H27NO2/c1-5-11-18(17(20)21-4)13-19(12-14(18)2)15(3)16-9-7-6-8-10-16/h6-10,14-15H,5,11-13H2,1-4H3/t14-,15-,18-/m1/s1. The van der Waals surface area contributed by atoms with Crippen molar-refractivity contribution in [1.82, 2.24) is 4.90 Å². The van der Waals surface area contributed by atoms with E-state index in [0.717, 1.165) is 25.9 Å². The largest absolute Gasteiger partial charge is 0.469 e. The van der Waals surface area contributed by atoms with Gasteiger partial charge in [-0.15, -0.1) is 0 Å². The third-order valence-electron chi connectivity index (χ3n) is 5.05. The molecule has 1 aliphatic heterocycles. The maximum absolute atomic E-state index is 12.4. The van der Waals surface area contributed by atoms with Gasteiger partial charge in [0.25, 0.3) is 0 Å². The zero-order chi connectivity index (χ0) is 15.5. The normalized spacial score (nSPS) is 27.5. The molecule has 0 aliphatic carbocycles. The van der Waals surface area contributed by atoms with Crippen LogP contribution in [0.5, 0.6) is 0 Å². The zero-order valence-corrected chi connectivity index (χ0v) is 13.6. The number of nitrogens with zero attached hydrogens (tertiary/aromatic N) is 1. The molecular formula is C18H27NO2. The molecule has 0 radical (unpaired) electrons. The van der Waals surface area contributed by atoms with Crippen LogP contribution in [0.4, 0.5) is 0 Å². The van der Waals surface area contributed by atoms with Crippen LogP contribution >= 0.6 is 0 Å². The van der Waals surface area contributed by atoms with E-state index >= 15 is 0 Å². The summed E-state index contributed by atoms with van der Waals surface area (Å²) in [5.41, 5.74) is 0.967. The van der Waals surface area contributed by atoms with Crippen molar-refractivity contribution < 1.29 is 9.53 Å². The molecule has 0 spiro atoms. The Kier molecular flexibility index (Phi) is 5.04. The molecule has 0 N–H and O–H groups in total. The molecule has 1 aromatic carbocycles. The minimum absolute atomic E-state index is 0.0420. The van der Waals surface area contributed by atoms with Crippen LogP contribution in [0.25, 0.3) is 0 Å². The van der Waals surface area contributed by atoms with Crippen LogP contribution < -0.4 is 0 Å². The summed E-state index contributed by atoms with van der Waals surface area (Å²) in [5, 5.41) is 0. The van der Waals surface area contributed by atoms with Crippen molar-refractivity contribution in [1.29, 1.82) is 0 Å². The van der Waals surface area contributed by atoms with Crippen molar-refractivity contribution in [2.75, 3.05) is 20.2 Å². The fourth-order valence-electron chi connectivity index (χ4n) is 3.69. The van der Waals surface area contributed by atoms with Gasteiger partial charge in [0.1, 0.15) is 0 Å². The van der Waals surface area contributed by atoms with Crippen LogP contribution in [-0.4, -0.2) is 31.1 Å². The van der Waals surface area contributed by atoms with Crippen molar-refractivity contribution in [2.45, 2.75) is 39.7 Å². The van der Waals surface area contributed by atoms with E-state index < -0.39 is 0 Å². The second-order valence-corrected chi connectivity index (χ2v) is 6.31. The van der Waals surface area contributed by atoms with E-state index in [0.29, 0.717) is 12.0 Å². The van der Waals surface area contributed by atoms with Gasteiger partial charge in [0.2, 0.25) is 0 Å². The van der Waals surface area contributed by atoms with Gasteiger partial charge in [-0.05, 0) is 24.8 Å². The van der Waals surface area contributed by atoms with Gasteiger partial charge in [0.05, 0.1) is 12.5 Å². The second kappa shape index (κ2) is 6.61. The predicted molar refractivity (Wildman–Crippen MR) is 85.0 cm³/mol. The first-order valence-electron chi connectivity index (χ1n) is 7.92. The van der Waals surface area contributed by atoms with E-state index in [9.17, 15) is 4.79 Å². The van der Waals surface area contributed by atoms with Crippen molar-refractivity contribution in [3.63, 3.8) is 0 Å². The molecule has 3 atom stereocenters. The highest BCUT2D eigenvalue weighted by Crippen LogP contribution is 2.43. The zero-order valence-electron chi connectivity index (χ0n) is 13.6. The van der Waals surface area contributed by atoms with Crippen molar-refractivity contribution in [3.8, 4) is 0 Å². The lowest BCUT2D eigenvalue weighted by Gasteiger charge is -2.30. The second-order valence-electron chi connectivity index (χ2n) is 6.31. The number of carbonyl (C=O) groups is 1. The highest BCUT2D eigenvalue weighted by atomic mass is 16.5. The van der Waals surface area contributed by atoms with Crippen molar-refractivity contribution in [3.05, 3.63) is 35.9 Å². The number of likely N-dealkylation sites (tertiary alicyclic amines) is 1. The summed E-state index contributed by atoms with van der Waals surface area (Å²) in [6, 6.07) is 10.8. The maximum Gasteiger partial charge on any atom is 0.313 e. The third kappa shape index (κ3) is 2.98. The lowest BCUT2D eigenvalue weighted by molar-refractivity contribution is -0.154. The maximum atomic E-state index is 12.4. The van der Waals surface area contributed by atoms with Gasteiger partial charge in [-0.2, -0.15) is 0 Å². The summed E-state index contributed by atoms with van der Waals surface area (Å²) < 4.78 is 5.13. The minimum Gasteiger partial charge on any atom is -0.469 e. The Morgan fingerprint density at radius 2 is 2.10 bits per heavy atom. The summed E-state index contributed by atoms with van der Waals surface area (Å²) in [6.45, 7) is 8.29. The number of benzene rings is 1. The molecular weight excluding hydrogens is 262 g/mol. The average Bonchev–Trinajstić information content (AvgIpc) is 2.85. The smallest absolute Gasteiger partial charge is 0.313 e. The molecule has 0 amide bonds. The van der Waals surface area contributed by atoms with E-state index in [1.54, 1.807) is 0 Å². The number of rotatable bonds is 5. The number of methoxy groups -OCH3 is 1. The molecule has 0 unspecified atom stereocenters. The molecule has 1 heterocycles.